The molecular weight excluding hydrogens is 663 g/mol. The Morgan fingerprint density at radius 3 is 1.45 bits per heavy atom. The molecule has 11 rings (SSSR count). The highest BCUT2D eigenvalue weighted by Crippen LogP contribution is 2.63. The van der Waals surface area contributed by atoms with Crippen LogP contribution in [0.25, 0.3) is 43.8 Å². The van der Waals surface area contributed by atoms with Crippen molar-refractivity contribution in [2.45, 2.75) is 24.7 Å². The molecule has 9 aromatic carbocycles. The van der Waals surface area contributed by atoms with Gasteiger partial charge < -0.3 is 4.90 Å². The van der Waals surface area contributed by atoms with Gasteiger partial charge in [0.25, 0.3) is 0 Å². The first-order chi connectivity index (χ1) is 27.1. The van der Waals surface area contributed by atoms with Gasteiger partial charge in [0.1, 0.15) is 0 Å². The zero-order valence-corrected chi connectivity index (χ0v) is 31.0. The van der Waals surface area contributed by atoms with Gasteiger partial charge in [0.15, 0.2) is 0 Å². The molecule has 0 aliphatic heterocycles. The van der Waals surface area contributed by atoms with Crippen LogP contribution in [0.2, 0.25) is 0 Å². The summed E-state index contributed by atoms with van der Waals surface area (Å²) >= 11 is 0. The molecule has 2 aliphatic rings. The van der Waals surface area contributed by atoms with Crippen LogP contribution < -0.4 is 4.90 Å². The molecular formula is C54H39N. The van der Waals surface area contributed by atoms with Gasteiger partial charge in [-0.05, 0) is 90.7 Å². The van der Waals surface area contributed by atoms with Crippen LogP contribution in [0.4, 0.5) is 17.1 Å². The van der Waals surface area contributed by atoms with E-state index in [1.54, 1.807) is 0 Å². The Labute approximate surface area is 322 Å². The van der Waals surface area contributed by atoms with E-state index in [0.29, 0.717) is 0 Å². The molecule has 0 amide bonds. The number of hydrogen-bond acceptors (Lipinski definition) is 1. The molecule has 0 radical (unpaired) electrons. The zero-order valence-electron chi connectivity index (χ0n) is 31.0. The lowest BCUT2D eigenvalue weighted by atomic mass is 9.54. The molecule has 0 N–H and O–H groups in total. The lowest BCUT2D eigenvalue weighted by molar-refractivity contribution is 0.565. The number of hydrogen-bond donors (Lipinski definition) is 0. The van der Waals surface area contributed by atoms with Gasteiger partial charge in [0.2, 0.25) is 0 Å². The fourth-order valence-corrected chi connectivity index (χ4v) is 10.3. The molecule has 0 atom stereocenters. The maximum atomic E-state index is 2.47. The van der Waals surface area contributed by atoms with Crippen LogP contribution in [-0.2, 0) is 10.8 Å². The molecule has 2 aliphatic carbocycles. The van der Waals surface area contributed by atoms with Crippen molar-refractivity contribution in [1.29, 1.82) is 0 Å². The molecule has 0 bridgehead atoms. The second kappa shape index (κ2) is 11.9. The van der Waals surface area contributed by atoms with Crippen molar-refractivity contribution in [3.05, 3.63) is 234 Å². The highest BCUT2D eigenvalue weighted by atomic mass is 15.1. The lowest BCUT2D eigenvalue weighted by Crippen LogP contribution is -2.41. The molecule has 260 valence electrons. The highest BCUT2D eigenvalue weighted by molar-refractivity contribution is 6.05. The molecule has 0 saturated carbocycles. The van der Waals surface area contributed by atoms with Crippen LogP contribution in [0, 0.1) is 0 Å². The lowest BCUT2D eigenvalue weighted by Gasteiger charge is -2.47. The minimum Gasteiger partial charge on any atom is -0.309 e. The Hall–Kier alpha value is -6.70. The van der Waals surface area contributed by atoms with E-state index in [-0.39, 0.29) is 5.41 Å². The average molecular weight is 702 g/mol. The predicted molar refractivity (Wildman–Crippen MR) is 231 cm³/mol. The largest absolute Gasteiger partial charge is 0.309 e. The SMILES string of the molecule is CC1(C)c2ccccc2C2(c3ccccc3-c3ccccc32)c2cccc(-c3cccc(N(c4cccc5ccccc45)c4cccc5ccccc45)c3)c21. The minimum absolute atomic E-state index is 0.263. The summed E-state index contributed by atoms with van der Waals surface area (Å²) in [4.78, 5) is 2.47. The number of anilines is 3. The van der Waals surface area contributed by atoms with Crippen LogP contribution in [-0.4, -0.2) is 0 Å². The summed E-state index contributed by atoms with van der Waals surface area (Å²) in [5.41, 5.74) is 16.1. The summed E-state index contributed by atoms with van der Waals surface area (Å²) in [7, 11) is 0. The molecule has 1 spiro atoms. The van der Waals surface area contributed by atoms with Crippen LogP contribution in [0.15, 0.2) is 200 Å². The number of fused-ring (bicyclic) bond motifs is 11. The molecule has 9 aromatic rings. The van der Waals surface area contributed by atoms with Crippen LogP contribution in [0.5, 0.6) is 0 Å². The van der Waals surface area contributed by atoms with Gasteiger partial charge in [-0.1, -0.05) is 190 Å². The maximum absolute atomic E-state index is 2.47. The third-order valence-electron chi connectivity index (χ3n) is 12.5. The fourth-order valence-electron chi connectivity index (χ4n) is 10.3. The van der Waals surface area contributed by atoms with Gasteiger partial charge in [0, 0.05) is 21.9 Å². The average Bonchev–Trinajstić information content (AvgIpc) is 3.54. The first kappa shape index (κ1) is 31.8. The van der Waals surface area contributed by atoms with Gasteiger partial charge in [0.05, 0.1) is 16.8 Å². The Morgan fingerprint density at radius 1 is 0.364 bits per heavy atom. The highest BCUT2D eigenvalue weighted by Gasteiger charge is 2.53. The van der Waals surface area contributed by atoms with Crippen LogP contribution in [0.3, 0.4) is 0 Å². The number of rotatable bonds is 4. The van der Waals surface area contributed by atoms with Crippen LogP contribution in [0.1, 0.15) is 47.2 Å². The number of benzene rings is 9. The van der Waals surface area contributed by atoms with E-state index in [1.807, 2.05) is 0 Å². The van der Waals surface area contributed by atoms with E-state index in [1.165, 1.54) is 77.2 Å². The van der Waals surface area contributed by atoms with Crippen molar-refractivity contribution in [3.8, 4) is 22.3 Å². The van der Waals surface area contributed by atoms with Gasteiger partial charge >= 0.3 is 0 Å². The van der Waals surface area contributed by atoms with Gasteiger partial charge in [-0.3, -0.25) is 0 Å². The zero-order chi connectivity index (χ0) is 36.7. The summed E-state index contributed by atoms with van der Waals surface area (Å²) in [6.45, 7) is 4.85. The number of nitrogens with zero attached hydrogens (tertiary/aromatic N) is 1. The van der Waals surface area contributed by atoms with E-state index in [9.17, 15) is 0 Å². The van der Waals surface area contributed by atoms with Crippen molar-refractivity contribution in [2.24, 2.45) is 0 Å². The predicted octanol–water partition coefficient (Wildman–Crippen LogP) is 14.1. The van der Waals surface area contributed by atoms with Gasteiger partial charge in [-0.2, -0.15) is 0 Å². The summed E-state index contributed by atoms with van der Waals surface area (Å²) in [6.07, 6.45) is 0. The summed E-state index contributed by atoms with van der Waals surface area (Å²) in [6, 6.07) is 74.5. The van der Waals surface area contributed by atoms with E-state index in [4.69, 9.17) is 0 Å². The maximum Gasteiger partial charge on any atom is 0.0719 e. The third kappa shape index (κ3) is 4.41. The Kier molecular flexibility index (Phi) is 6.88. The molecule has 55 heavy (non-hydrogen) atoms. The summed E-state index contributed by atoms with van der Waals surface area (Å²) in [5.74, 6) is 0. The second-order valence-electron chi connectivity index (χ2n) is 15.6. The molecule has 0 unspecified atom stereocenters. The van der Waals surface area contributed by atoms with E-state index >= 15 is 0 Å². The minimum atomic E-state index is -0.430. The molecule has 0 heterocycles. The van der Waals surface area contributed by atoms with Gasteiger partial charge in [-0.25, -0.2) is 0 Å². The molecule has 1 nitrogen and oxygen atoms in total. The summed E-state index contributed by atoms with van der Waals surface area (Å²) < 4.78 is 0. The van der Waals surface area contributed by atoms with Crippen molar-refractivity contribution < 1.29 is 0 Å². The smallest absolute Gasteiger partial charge is 0.0719 e. The second-order valence-corrected chi connectivity index (χ2v) is 15.6. The Morgan fingerprint density at radius 2 is 0.818 bits per heavy atom. The molecule has 0 saturated heterocycles. The first-order valence-electron chi connectivity index (χ1n) is 19.4. The fraction of sp³-hybridized carbons (Fsp3) is 0.0741. The topological polar surface area (TPSA) is 3.24 Å². The summed E-state index contributed by atoms with van der Waals surface area (Å²) in [5, 5.41) is 4.89. The van der Waals surface area contributed by atoms with Crippen molar-refractivity contribution in [3.63, 3.8) is 0 Å². The van der Waals surface area contributed by atoms with Gasteiger partial charge in [-0.15, -0.1) is 0 Å². The van der Waals surface area contributed by atoms with E-state index < -0.39 is 5.41 Å². The Bertz CT molecular complexity index is 2850. The third-order valence-corrected chi connectivity index (χ3v) is 12.5. The van der Waals surface area contributed by atoms with E-state index in [0.717, 1.165) is 17.1 Å². The standard InChI is InChI=1S/C54H39N/c1-53(2)47-30-11-12-31-48(47)54(45-28-9-7-25-43(45)44-26-8-10-29-46(44)54)49-32-16-27-42(52(49)53)38-21-13-22-39(35-38)55(50-33-14-19-36-17-3-5-23-40(36)50)51-34-15-20-37-18-4-6-24-41(37)51/h3-35H,1-2H3. The van der Waals surface area contributed by atoms with Crippen molar-refractivity contribution in [2.75, 3.05) is 4.90 Å². The van der Waals surface area contributed by atoms with Crippen LogP contribution >= 0.6 is 0 Å². The normalized spacial score (nSPS) is 14.3. The first-order valence-corrected chi connectivity index (χ1v) is 19.4. The molecule has 1 heteroatoms. The quantitative estimate of drug-likeness (QED) is 0.177. The molecule has 0 aromatic heterocycles. The van der Waals surface area contributed by atoms with Crippen molar-refractivity contribution >= 4 is 38.6 Å². The molecule has 0 fully saturated rings. The van der Waals surface area contributed by atoms with Crippen molar-refractivity contribution in [1.82, 2.24) is 0 Å². The Balaban J connectivity index is 1.19. The van der Waals surface area contributed by atoms with E-state index in [2.05, 4.69) is 219 Å². The monoisotopic (exact) mass is 701 g/mol.